The summed E-state index contributed by atoms with van der Waals surface area (Å²) in [5.74, 6) is -0.921. The molecular formula is C31H46O7. The second-order valence-electron chi connectivity index (χ2n) is 9.37. The Bertz CT molecular complexity index is 817. The second-order valence-corrected chi connectivity index (χ2v) is 9.37. The number of rotatable bonds is 19. The lowest BCUT2D eigenvalue weighted by Gasteiger charge is -2.21. The fourth-order valence-electron chi connectivity index (χ4n) is 3.75. The Hall–Kier alpha value is -3.06. The van der Waals surface area contributed by atoms with Gasteiger partial charge in [-0.3, -0.25) is 0 Å². The van der Waals surface area contributed by atoms with Gasteiger partial charge in [0, 0.05) is 13.0 Å². The molecule has 212 valence electrons. The number of benzene rings is 2. The number of ether oxygens (including phenoxy) is 2. The van der Waals surface area contributed by atoms with E-state index in [9.17, 15) is 9.59 Å². The van der Waals surface area contributed by atoms with Crippen molar-refractivity contribution in [2.45, 2.75) is 104 Å². The smallest absolute Gasteiger partial charge is 0.335 e. The van der Waals surface area contributed by atoms with Crippen LogP contribution in [0.1, 0.15) is 118 Å². The highest BCUT2D eigenvalue weighted by Crippen LogP contribution is 2.21. The third-order valence-corrected chi connectivity index (χ3v) is 6.04. The number of carboxylic acid groups (broad SMARTS) is 2. The highest BCUT2D eigenvalue weighted by atomic mass is 16.7. The molecule has 0 aliphatic rings. The van der Waals surface area contributed by atoms with Crippen molar-refractivity contribution in [1.82, 2.24) is 0 Å². The molecule has 2 aromatic carbocycles. The molecule has 0 aliphatic heterocycles. The van der Waals surface area contributed by atoms with Crippen LogP contribution in [0.5, 0.6) is 11.5 Å². The Labute approximate surface area is 227 Å². The van der Waals surface area contributed by atoms with Crippen LogP contribution in [0.15, 0.2) is 48.5 Å². The Morgan fingerprint density at radius 3 is 1.29 bits per heavy atom. The maximum Gasteiger partial charge on any atom is 0.335 e. The number of aromatic carboxylic acids is 2. The number of hydrogen-bond acceptors (Lipinski definition) is 5. The Morgan fingerprint density at radius 1 is 0.605 bits per heavy atom. The SMILES string of the molecule is CCCCCCCCCCCCC(Oc1ccc(C(=O)O)cc1)Oc1ccc(C(=O)O)cc1.CCCCO. The highest BCUT2D eigenvalue weighted by molar-refractivity contribution is 5.88. The molecule has 0 atom stereocenters. The number of unbranched alkanes of at least 4 members (excludes halogenated alkanes) is 10. The van der Waals surface area contributed by atoms with Crippen LogP contribution in [-0.2, 0) is 0 Å². The van der Waals surface area contributed by atoms with Crippen molar-refractivity contribution >= 4 is 11.9 Å². The van der Waals surface area contributed by atoms with Crippen molar-refractivity contribution < 1.29 is 34.4 Å². The molecule has 0 amide bonds. The van der Waals surface area contributed by atoms with Gasteiger partial charge in [-0.05, 0) is 61.4 Å². The lowest BCUT2D eigenvalue weighted by molar-refractivity contribution is -0.00246. The topological polar surface area (TPSA) is 113 Å². The predicted molar refractivity (Wildman–Crippen MR) is 150 cm³/mol. The van der Waals surface area contributed by atoms with Gasteiger partial charge in [0.15, 0.2) is 0 Å². The van der Waals surface area contributed by atoms with Crippen molar-refractivity contribution in [3.05, 3.63) is 59.7 Å². The third kappa shape index (κ3) is 15.3. The molecule has 0 saturated carbocycles. The molecule has 0 aliphatic carbocycles. The molecule has 7 heteroatoms. The molecule has 2 aromatic rings. The van der Waals surface area contributed by atoms with Crippen LogP contribution >= 0.6 is 0 Å². The lowest BCUT2D eigenvalue weighted by atomic mass is 10.1. The van der Waals surface area contributed by atoms with Gasteiger partial charge in [-0.15, -0.1) is 0 Å². The van der Waals surface area contributed by atoms with Gasteiger partial charge >= 0.3 is 11.9 Å². The second kappa shape index (κ2) is 20.9. The predicted octanol–water partition coefficient (Wildman–Crippen LogP) is 7.96. The molecule has 0 bridgehead atoms. The molecule has 0 saturated heterocycles. The molecule has 3 N–H and O–H groups in total. The van der Waals surface area contributed by atoms with Crippen LogP contribution in [0.2, 0.25) is 0 Å². The minimum absolute atomic E-state index is 0.193. The molecular weight excluding hydrogens is 484 g/mol. The number of aliphatic hydroxyl groups excluding tert-OH is 1. The summed E-state index contributed by atoms with van der Waals surface area (Å²) in [6.45, 7) is 4.63. The molecule has 0 fully saturated rings. The number of aliphatic hydroxyl groups is 1. The van der Waals surface area contributed by atoms with E-state index < -0.39 is 18.2 Å². The van der Waals surface area contributed by atoms with Crippen LogP contribution in [-0.4, -0.2) is 40.2 Å². The average Bonchev–Trinajstić information content (AvgIpc) is 2.91. The highest BCUT2D eigenvalue weighted by Gasteiger charge is 2.14. The van der Waals surface area contributed by atoms with E-state index in [0.717, 1.165) is 25.7 Å². The summed E-state index contributed by atoms with van der Waals surface area (Å²) in [4.78, 5) is 22.1. The van der Waals surface area contributed by atoms with Gasteiger partial charge in [-0.1, -0.05) is 78.1 Å². The molecule has 2 rings (SSSR count). The van der Waals surface area contributed by atoms with Crippen molar-refractivity contribution in [1.29, 1.82) is 0 Å². The fourth-order valence-corrected chi connectivity index (χ4v) is 3.75. The van der Waals surface area contributed by atoms with Crippen LogP contribution in [0.3, 0.4) is 0 Å². The Kier molecular flexibility index (Phi) is 18.2. The lowest BCUT2D eigenvalue weighted by Crippen LogP contribution is -2.24. The molecule has 0 radical (unpaired) electrons. The minimum atomic E-state index is -0.988. The molecule has 0 heterocycles. The number of hydrogen-bond donors (Lipinski definition) is 3. The first-order chi connectivity index (χ1) is 18.4. The molecule has 0 unspecified atom stereocenters. The molecule has 0 aromatic heterocycles. The summed E-state index contributed by atoms with van der Waals surface area (Å²) >= 11 is 0. The first kappa shape index (κ1) is 33.0. The van der Waals surface area contributed by atoms with Crippen LogP contribution in [0.4, 0.5) is 0 Å². The van der Waals surface area contributed by atoms with E-state index in [2.05, 4.69) is 13.8 Å². The monoisotopic (exact) mass is 530 g/mol. The van der Waals surface area contributed by atoms with E-state index in [1.165, 1.54) is 75.6 Å². The minimum Gasteiger partial charge on any atom is -0.478 e. The first-order valence-electron chi connectivity index (χ1n) is 14.0. The summed E-state index contributed by atoms with van der Waals surface area (Å²) in [6, 6.07) is 12.5. The fraction of sp³-hybridized carbons (Fsp3) is 0.548. The van der Waals surface area contributed by atoms with E-state index in [-0.39, 0.29) is 11.1 Å². The van der Waals surface area contributed by atoms with Gasteiger partial charge in [0.1, 0.15) is 11.5 Å². The van der Waals surface area contributed by atoms with Gasteiger partial charge in [0.25, 0.3) is 0 Å². The van der Waals surface area contributed by atoms with Crippen LogP contribution in [0.25, 0.3) is 0 Å². The van der Waals surface area contributed by atoms with E-state index in [1.54, 1.807) is 24.3 Å². The van der Waals surface area contributed by atoms with Gasteiger partial charge in [0.2, 0.25) is 6.29 Å². The van der Waals surface area contributed by atoms with Crippen molar-refractivity contribution in [2.24, 2.45) is 0 Å². The summed E-state index contributed by atoms with van der Waals surface area (Å²) in [5.41, 5.74) is 0.387. The zero-order valence-corrected chi connectivity index (χ0v) is 23.1. The Morgan fingerprint density at radius 2 is 0.974 bits per heavy atom. The Balaban J connectivity index is 0.00000132. The summed E-state index contributed by atoms with van der Waals surface area (Å²) < 4.78 is 12.0. The zero-order chi connectivity index (χ0) is 28.0. The zero-order valence-electron chi connectivity index (χ0n) is 23.1. The first-order valence-corrected chi connectivity index (χ1v) is 14.0. The van der Waals surface area contributed by atoms with Crippen molar-refractivity contribution in [2.75, 3.05) is 6.61 Å². The third-order valence-electron chi connectivity index (χ3n) is 6.04. The maximum atomic E-state index is 11.1. The molecule has 7 nitrogen and oxygen atoms in total. The maximum absolute atomic E-state index is 11.1. The van der Waals surface area contributed by atoms with Crippen LogP contribution in [0, 0.1) is 0 Å². The van der Waals surface area contributed by atoms with E-state index in [1.807, 2.05) is 0 Å². The van der Waals surface area contributed by atoms with Gasteiger partial charge in [0.05, 0.1) is 11.1 Å². The summed E-state index contributed by atoms with van der Waals surface area (Å²) in [5, 5.41) is 26.2. The van der Waals surface area contributed by atoms with Crippen LogP contribution < -0.4 is 9.47 Å². The van der Waals surface area contributed by atoms with E-state index in [4.69, 9.17) is 24.8 Å². The molecule has 0 spiro atoms. The summed E-state index contributed by atoms with van der Waals surface area (Å²) in [7, 11) is 0. The van der Waals surface area contributed by atoms with Gasteiger partial charge in [-0.2, -0.15) is 0 Å². The number of carboxylic acids is 2. The van der Waals surface area contributed by atoms with Crippen molar-refractivity contribution in [3.63, 3.8) is 0 Å². The number of carbonyl (C=O) groups is 2. The average molecular weight is 531 g/mol. The van der Waals surface area contributed by atoms with Gasteiger partial charge in [-0.25, -0.2) is 9.59 Å². The van der Waals surface area contributed by atoms with E-state index >= 15 is 0 Å². The van der Waals surface area contributed by atoms with Gasteiger partial charge < -0.3 is 24.8 Å². The quantitative estimate of drug-likeness (QED) is 0.125. The van der Waals surface area contributed by atoms with Crippen molar-refractivity contribution in [3.8, 4) is 11.5 Å². The largest absolute Gasteiger partial charge is 0.478 e. The summed E-state index contributed by atoms with van der Waals surface area (Å²) in [6.07, 6.45) is 14.5. The standard InChI is InChI=1S/C27H36O6.C4H10O/c1-2-3-4-5-6-7-8-9-10-11-12-25(32-23-17-13-21(14-18-23)26(28)29)33-24-19-15-22(16-20-24)27(30)31;1-2-3-4-5/h13-20,25H,2-12H2,1H3,(H,28,29)(H,30,31);5H,2-4H2,1H3. The normalized spacial score (nSPS) is 10.5. The van der Waals surface area contributed by atoms with E-state index in [0.29, 0.717) is 24.5 Å². The molecule has 38 heavy (non-hydrogen) atoms.